The van der Waals surface area contributed by atoms with E-state index < -0.39 is 0 Å². The molecule has 23 heavy (non-hydrogen) atoms. The lowest BCUT2D eigenvalue weighted by Gasteiger charge is -2.37. The summed E-state index contributed by atoms with van der Waals surface area (Å²) in [5, 5.41) is 4.45. The molecule has 2 aliphatic rings. The quantitative estimate of drug-likeness (QED) is 0.845. The van der Waals surface area contributed by atoms with Crippen molar-refractivity contribution in [2.45, 2.75) is 52.2 Å². The van der Waals surface area contributed by atoms with Crippen LogP contribution >= 0.6 is 0 Å². The summed E-state index contributed by atoms with van der Waals surface area (Å²) in [6.45, 7) is 7.75. The van der Waals surface area contributed by atoms with Gasteiger partial charge in [0, 0.05) is 37.8 Å². The first-order chi connectivity index (χ1) is 11.0. The molecule has 2 heterocycles. The molecule has 0 aliphatic carbocycles. The first-order valence-electron chi connectivity index (χ1n) is 8.85. The zero-order valence-electron chi connectivity index (χ0n) is 15.1. The van der Waals surface area contributed by atoms with Crippen LogP contribution < -0.4 is 4.90 Å². The number of amidine groups is 1. The molecule has 0 amide bonds. The predicted octanol–water partition coefficient (Wildman–Crippen LogP) is 3.85. The minimum atomic E-state index is -0.342. The number of aryl methyl sites for hydroxylation is 1. The van der Waals surface area contributed by atoms with E-state index in [4.69, 9.17) is 4.84 Å². The summed E-state index contributed by atoms with van der Waals surface area (Å²) in [7, 11) is 4.28. The first-order valence-corrected chi connectivity index (χ1v) is 8.85. The summed E-state index contributed by atoms with van der Waals surface area (Å²) in [5.74, 6) is 1.42. The normalized spacial score (nSPS) is 23.8. The van der Waals surface area contributed by atoms with Gasteiger partial charge in [-0.1, -0.05) is 19.0 Å². The fraction of sp³-hybridized carbons (Fsp3) is 0.632. The average molecular weight is 315 g/mol. The third kappa shape index (κ3) is 2.58. The number of anilines is 1. The van der Waals surface area contributed by atoms with Crippen molar-refractivity contribution < 1.29 is 4.84 Å². The van der Waals surface area contributed by atoms with Gasteiger partial charge in [-0.3, -0.25) is 0 Å². The van der Waals surface area contributed by atoms with Crippen LogP contribution in [0.15, 0.2) is 23.4 Å². The van der Waals surface area contributed by atoms with Gasteiger partial charge in [0.2, 0.25) is 5.72 Å². The molecule has 126 valence electrons. The van der Waals surface area contributed by atoms with Crippen LogP contribution in [0, 0.1) is 5.92 Å². The Labute approximate surface area is 140 Å². The Balaban J connectivity index is 1.89. The predicted molar refractivity (Wildman–Crippen MR) is 95.9 cm³/mol. The second-order valence-electron chi connectivity index (χ2n) is 7.00. The van der Waals surface area contributed by atoms with E-state index in [1.54, 1.807) is 0 Å². The second-order valence-corrected chi connectivity index (χ2v) is 7.00. The molecule has 0 N–H and O–H groups in total. The summed E-state index contributed by atoms with van der Waals surface area (Å²) in [6.07, 6.45) is 4.55. The highest BCUT2D eigenvalue weighted by Gasteiger charge is 2.45. The standard InChI is InChI=1S/C19H29N3O/c1-6-16(7-2)19(3)22(5)18(20-23-19)15-10-11-17-14(13-15)9-8-12-21(17)4/h10-11,13,16H,6-9,12H2,1-5H3. The van der Waals surface area contributed by atoms with Gasteiger partial charge in [-0.25, -0.2) is 0 Å². The van der Waals surface area contributed by atoms with Crippen LogP contribution in [0.2, 0.25) is 0 Å². The smallest absolute Gasteiger partial charge is 0.211 e. The summed E-state index contributed by atoms with van der Waals surface area (Å²) in [6, 6.07) is 6.70. The fourth-order valence-corrected chi connectivity index (χ4v) is 4.03. The van der Waals surface area contributed by atoms with E-state index in [0.29, 0.717) is 5.92 Å². The Hall–Kier alpha value is -1.71. The topological polar surface area (TPSA) is 28.1 Å². The molecule has 1 atom stereocenters. The summed E-state index contributed by atoms with van der Waals surface area (Å²) in [4.78, 5) is 10.5. The maximum absolute atomic E-state index is 5.93. The third-order valence-corrected chi connectivity index (χ3v) is 5.73. The zero-order valence-corrected chi connectivity index (χ0v) is 15.1. The van der Waals surface area contributed by atoms with Crippen molar-refractivity contribution >= 4 is 11.5 Å². The van der Waals surface area contributed by atoms with E-state index in [0.717, 1.165) is 37.2 Å². The Morgan fingerprint density at radius 3 is 2.70 bits per heavy atom. The lowest BCUT2D eigenvalue weighted by Crippen LogP contribution is -2.49. The van der Waals surface area contributed by atoms with E-state index >= 15 is 0 Å². The molecular formula is C19H29N3O. The van der Waals surface area contributed by atoms with Crippen LogP contribution in [-0.2, 0) is 11.3 Å². The van der Waals surface area contributed by atoms with Gasteiger partial charge >= 0.3 is 0 Å². The van der Waals surface area contributed by atoms with E-state index in [2.05, 4.69) is 68.0 Å². The Bertz CT molecular complexity index is 609. The molecule has 1 unspecified atom stereocenters. The lowest BCUT2D eigenvalue weighted by atomic mass is 9.90. The monoisotopic (exact) mass is 315 g/mol. The summed E-state index contributed by atoms with van der Waals surface area (Å²) >= 11 is 0. The first kappa shape index (κ1) is 16.2. The van der Waals surface area contributed by atoms with Crippen LogP contribution in [0.1, 0.15) is 51.2 Å². The number of benzene rings is 1. The van der Waals surface area contributed by atoms with Gasteiger partial charge in [-0.15, -0.1) is 0 Å². The minimum absolute atomic E-state index is 0.342. The number of fused-ring (bicyclic) bond motifs is 1. The van der Waals surface area contributed by atoms with Crippen LogP contribution in [0.4, 0.5) is 5.69 Å². The van der Waals surface area contributed by atoms with Gasteiger partial charge in [0.05, 0.1) is 0 Å². The van der Waals surface area contributed by atoms with Crippen LogP contribution in [0.3, 0.4) is 0 Å². The lowest BCUT2D eigenvalue weighted by molar-refractivity contribution is -0.120. The molecule has 0 fully saturated rings. The van der Waals surface area contributed by atoms with E-state index in [9.17, 15) is 0 Å². The van der Waals surface area contributed by atoms with E-state index in [-0.39, 0.29) is 5.72 Å². The highest BCUT2D eigenvalue weighted by Crippen LogP contribution is 2.37. The molecule has 0 spiro atoms. The van der Waals surface area contributed by atoms with Crippen LogP contribution in [0.25, 0.3) is 0 Å². The Morgan fingerprint density at radius 1 is 1.26 bits per heavy atom. The maximum atomic E-state index is 5.93. The van der Waals surface area contributed by atoms with Crippen molar-refractivity contribution in [1.82, 2.24) is 4.90 Å². The Kier molecular flexibility index (Phi) is 4.26. The molecule has 0 saturated heterocycles. The third-order valence-electron chi connectivity index (χ3n) is 5.73. The number of rotatable bonds is 4. The maximum Gasteiger partial charge on any atom is 0.211 e. The van der Waals surface area contributed by atoms with Crippen molar-refractivity contribution in [2.24, 2.45) is 11.1 Å². The van der Waals surface area contributed by atoms with E-state index in [1.807, 2.05) is 0 Å². The fourth-order valence-electron chi connectivity index (χ4n) is 4.03. The number of hydrogen-bond donors (Lipinski definition) is 0. The van der Waals surface area contributed by atoms with Gasteiger partial charge in [0.1, 0.15) is 0 Å². The number of oxime groups is 1. The number of hydrogen-bond acceptors (Lipinski definition) is 4. The van der Waals surface area contributed by atoms with Crippen molar-refractivity contribution in [3.63, 3.8) is 0 Å². The molecule has 1 aromatic rings. The van der Waals surface area contributed by atoms with Gasteiger partial charge in [-0.2, -0.15) is 0 Å². The highest BCUT2D eigenvalue weighted by atomic mass is 16.7. The molecule has 0 radical (unpaired) electrons. The molecule has 0 bridgehead atoms. The summed E-state index contributed by atoms with van der Waals surface area (Å²) < 4.78 is 0. The van der Waals surface area contributed by atoms with Crippen molar-refractivity contribution in [3.8, 4) is 0 Å². The molecule has 4 nitrogen and oxygen atoms in total. The van der Waals surface area contributed by atoms with E-state index in [1.165, 1.54) is 17.7 Å². The molecule has 2 aliphatic heterocycles. The average Bonchev–Trinajstić information content (AvgIpc) is 2.85. The number of nitrogens with zero attached hydrogens (tertiary/aromatic N) is 3. The SMILES string of the molecule is CCC(CC)C1(C)ON=C(c2ccc3c(c2)CCCN3C)N1C. The highest BCUT2D eigenvalue weighted by molar-refractivity contribution is 6.00. The van der Waals surface area contributed by atoms with Gasteiger partial charge in [-0.05, 0) is 56.4 Å². The molecule has 4 heteroatoms. The minimum Gasteiger partial charge on any atom is -0.374 e. The van der Waals surface area contributed by atoms with Gasteiger partial charge in [0.25, 0.3) is 0 Å². The molecule has 0 saturated carbocycles. The largest absolute Gasteiger partial charge is 0.374 e. The molecular weight excluding hydrogens is 286 g/mol. The van der Waals surface area contributed by atoms with Crippen LogP contribution in [0.5, 0.6) is 0 Å². The molecule has 0 aromatic heterocycles. The van der Waals surface area contributed by atoms with Crippen molar-refractivity contribution in [2.75, 3.05) is 25.5 Å². The Morgan fingerprint density at radius 2 is 2.00 bits per heavy atom. The molecule has 3 rings (SSSR count). The van der Waals surface area contributed by atoms with Gasteiger partial charge in [0.15, 0.2) is 5.84 Å². The van der Waals surface area contributed by atoms with Gasteiger partial charge < -0.3 is 14.6 Å². The summed E-state index contributed by atoms with van der Waals surface area (Å²) in [5.41, 5.74) is 3.59. The second kappa shape index (κ2) is 6.06. The van der Waals surface area contributed by atoms with Crippen molar-refractivity contribution in [3.05, 3.63) is 29.3 Å². The van der Waals surface area contributed by atoms with Crippen LogP contribution in [-0.4, -0.2) is 37.1 Å². The molecule has 1 aromatic carbocycles. The van der Waals surface area contributed by atoms with Crippen molar-refractivity contribution in [1.29, 1.82) is 0 Å². The zero-order chi connectivity index (χ0) is 16.6.